The van der Waals surface area contributed by atoms with Crippen molar-refractivity contribution in [2.24, 2.45) is 0 Å². The van der Waals surface area contributed by atoms with Crippen molar-refractivity contribution in [3.05, 3.63) is 64.3 Å². The van der Waals surface area contributed by atoms with Crippen molar-refractivity contribution < 1.29 is 24.3 Å². The molecule has 2 fully saturated rings. The van der Waals surface area contributed by atoms with Crippen LogP contribution in [0.2, 0.25) is 0 Å². The molecule has 0 bridgehead atoms. The first-order valence-electron chi connectivity index (χ1n) is 11.7. The van der Waals surface area contributed by atoms with Gasteiger partial charge in [0, 0.05) is 21.0 Å². The number of carbonyl (C=O) groups excluding carboxylic acids is 3. The maximum Gasteiger partial charge on any atom is 0.327 e. The molecule has 2 aliphatic heterocycles. The van der Waals surface area contributed by atoms with Gasteiger partial charge in [-0.05, 0) is 99.3 Å². The number of thioether (sulfide) groups is 1. The van der Waals surface area contributed by atoms with Crippen LogP contribution in [0.1, 0.15) is 31.0 Å². The van der Waals surface area contributed by atoms with Gasteiger partial charge in [-0.1, -0.05) is 30.3 Å². The predicted octanol–water partition coefficient (Wildman–Crippen LogP) is 2.90. The molecule has 2 heterocycles. The summed E-state index contributed by atoms with van der Waals surface area (Å²) >= 11 is 7.96. The van der Waals surface area contributed by atoms with Crippen LogP contribution in [0.25, 0.3) is 0 Å². The van der Waals surface area contributed by atoms with Gasteiger partial charge >= 0.3 is 5.97 Å². The molecule has 5 N–H and O–H groups in total. The third-order valence-corrected chi connectivity index (χ3v) is 12.9. The number of amides is 3. The number of rotatable bonds is 8. The average Bonchev–Trinajstić information content (AvgIpc) is 3.15. The van der Waals surface area contributed by atoms with E-state index in [9.17, 15) is 24.3 Å². The van der Waals surface area contributed by atoms with E-state index in [1.54, 1.807) is 44.2 Å². The zero-order valence-electron chi connectivity index (χ0n) is 20.6. The number of aliphatic carboxylic acids is 1. The number of hydrogen-bond donors (Lipinski definition) is 5. The lowest BCUT2D eigenvalue weighted by atomic mass is 9.95. The molecule has 3 amide bonds. The van der Waals surface area contributed by atoms with Gasteiger partial charge in [-0.2, -0.15) is 0 Å². The standard InChI is InChI=1S/C25H24I3N5O5S/c1-25(2)19(24(37)38)33-22(36)18(23(33)39-25)32-21(35)17(11-6-4-3-5-7-11)31-15(34)10-30-20(29)12-8-13(26)16(28)14(27)9-12/h3-9,17-19,23H,10H2,1-2H3,(H2,29,30)(H,31,34)(H,32,35)(H,37,38)/t17?,18?,19-,23+/m0/s1. The van der Waals surface area contributed by atoms with Gasteiger partial charge in [0.1, 0.15) is 29.3 Å². The van der Waals surface area contributed by atoms with Gasteiger partial charge in [0.25, 0.3) is 0 Å². The average molecular weight is 887 g/mol. The summed E-state index contributed by atoms with van der Waals surface area (Å²) in [7, 11) is 0. The highest BCUT2D eigenvalue weighted by atomic mass is 127. The van der Waals surface area contributed by atoms with Gasteiger partial charge in [-0.15, -0.1) is 11.8 Å². The summed E-state index contributed by atoms with van der Waals surface area (Å²) in [5.41, 5.74) is 1.16. The Kier molecular flexibility index (Phi) is 9.36. The zero-order valence-corrected chi connectivity index (χ0v) is 27.9. The number of nitrogens with one attached hydrogen (secondary N) is 4. The minimum atomic E-state index is -1.09. The van der Waals surface area contributed by atoms with Crippen molar-refractivity contribution in [2.75, 3.05) is 6.54 Å². The number of carboxylic acids is 1. The highest BCUT2D eigenvalue weighted by Gasteiger charge is 2.64. The fourth-order valence-corrected chi connectivity index (χ4v) is 8.22. The van der Waals surface area contributed by atoms with Crippen molar-refractivity contribution in [1.29, 1.82) is 5.41 Å². The van der Waals surface area contributed by atoms with Crippen LogP contribution in [-0.4, -0.2) is 68.3 Å². The number of halogens is 3. The normalized spacial score (nSPS) is 21.8. The second-order valence-corrected chi connectivity index (χ2v) is 14.7. The molecule has 39 heavy (non-hydrogen) atoms. The summed E-state index contributed by atoms with van der Waals surface area (Å²) in [6.07, 6.45) is 0. The van der Waals surface area contributed by atoms with E-state index >= 15 is 0 Å². The minimum Gasteiger partial charge on any atom is -0.480 e. The van der Waals surface area contributed by atoms with Crippen molar-refractivity contribution >= 4 is 109 Å². The molecule has 2 aromatic carbocycles. The molecular weight excluding hydrogens is 863 g/mol. The molecule has 4 rings (SSSR count). The molecular formula is C25H24I3N5O5S. The Balaban J connectivity index is 1.43. The van der Waals surface area contributed by atoms with Crippen LogP contribution < -0.4 is 16.0 Å². The van der Waals surface area contributed by atoms with E-state index in [-0.39, 0.29) is 12.4 Å². The number of nitrogens with zero attached hydrogens (tertiary/aromatic N) is 1. The van der Waals surface area contributed by atoms with Crippen LogP contribution in [0.15, 0.2) is 42.5 Å². The van der Waals surface area contributed by atoms with Crippen LogP contribution in [0.5, 0.6) is 0 Å². The van der Waals surface area contributed by atoms with Gasteiger partial charge in [0.2, 0.25) is 17.7 Å². The Morgan fingerprint density at radius 1 is 1.13 bits per heavy atom. The molecule has 4 atom stereocenters. The van der Waals surface area contributed by atoms with E-state index in [4.69, 9.17) is 5.41 Å². The van der Waals surface area contributed by atoms with E-state index in [0.717, 1.165) is 10.7 Å². The third kappa shape index (κ3) is 6.32. The van der Waals surface area contributed by atoms with Crippen molar-refractivity contribution in [3.8, 4) is 0 Å². The smallest absolute Gasteiger partial charge is 0.327 e. The zero-order chi connectivity index (χ0) is 28.6. The van der Waals surface area contributed by atoms with Crippen LogP contribution in [0.4, 0.5) is 0 Å². The number of fused-ring (bicyclic) bond motifs is 1. The fraction of sp³-hybridized carbons (Fsp3) is 0.320. The van der Waals surface area contributed by atoms with Crippen LogP contribution in [-0.2, 0) is 19.2 Å². The van der Waals surface area contributed by atoms with E-state index in [2.05, 4.69) is 83.7 Å². The number of carboxylic acid groups (broad SMARTS) is 1. The van der Waals surface area contributed by atoms with E-state index in [0.29, 0.717) is 11.1 Å². The summed E-state index contributed by atoms with van der Waals surface area (Å²) in [6, 6.07) is 9.37. The van der Waals surface area contributed by atoms with Crippen LogP contribution in [0.3, 0.4) is 0 Å². The quantitative estimate of drug-likeness (QED) is 0.0900. The van der Waals surface area contributed by atoms with E-state index < -0.39 is 51.9 Å². The lowest BCUT2D eigenvalue weighted by Crippen LogP contribution is -2.71. The second-order valence-electron chi connectivity index (χ2n) is 9.48. The minimum absolute atomic E-state index is 0.0760. The molecule has 2 aliphatic rings. The van der Waals surface area contributed by atoms with Crippen molar-refractivity contribution in [3.63, 3.8) is 0 Å². The number of benzene rings is 2. The van der Waals surface area contributed by atoms with Gasteiger partial charge < -0.3 is 26.0 Å². The Bertz CT molecular complexity index is 1340. The van der Waals surface area contributed by atoms with Crippen molar-refractivity contribution in [2.45, 2.75) is 42.1 Å². The molecule has 2 aromatic rings. The van der Waals surface area contributed by atoms with Crippen LogP contribution in [0, 0.1) is 16.1 Å². The summed E-state index contributed by atoms with van der Waals surface area (Å²) in [5.74, 6) is -2.57. The first-order valence-corrected chi connectivity index (χ1v) is 15.8. The van der Waals surface area contributed by atoms with Gasteiger partial charge in [-0.25, -0.2) is 4.79 Å². The highest BCUT2D eigenvalue weighted by molar-refractivity contribution is 14.1. The number of carbonyl (C=O) groups is 4. The Morgan fingerprint density at radius 3 is 2.33 bits per heavy atom. The predicted molar refractivity (Wildman–Crippen MR) is 172 cm³/mol. The molecule has 0 aromatic heterocycles. The first-order chi connectivity index (χ1) is 18.3. The van der Waals surface area contributed by atoms with Gasteiger partial charge in [-0.3, -0.25) is 19.8 Å². The molecule has 10 nitrogen and oxygen atoms in total. The number of hydrogen-bond acceptors (Lipinski definition) is 6. The van der Waals surface area contributed by atoms with Gasteiger partial charge in [0.05, 0.1) is 6.54 Å². The lowest BCUT2D eigenvalue weighted by molar-refractivity contribution is -0.161. The SMILES string of the molecule is CC1(C)S[C@@H]2C(NC(=O)C(NC(=O)CNC(=N)c3cc(I)c(I)c(I)c3)c3ccccc3)C(=O)N2[C@H]1C(=O)O. The topological polar surface area (TPSA) is 152 Å². The summed E-state index contributed by atoms with van der Waals surface area (Å²) in [4.78, 5) is 52.2. The largest absolute Gasteiger partial charge is 0.480 e. The molecule has 0 spiro atoms. The monoisotopic (exact) mass is 887 g/mol. The number of β-lactam (4-membered cyclic amide) rings is 1. The van der Waals surface area contributed by atoms with Crippen molar-refractivity contribution in [1.82, 2.24) is 20.9 Å². The molecule has 206 valence electrons. The van der Waals surface area contributed by atoms with E-state index in [1.807, 2.05) is 12.1 Å². The molecule has 14 heteroatoms. The van der Waals surface area contributed by atoms with Gasteiger partial charge in [0.15, 0.2) is 0 Å². The molecule has 0 saturated carbocycles. The molecule has 0 radical (unpaired) electrons. The summed E-state index contributed by atoms with van der Waals surface area (Å²) in [6.45, 7) is 3.28. The maximum atomic E-state index is 13.4. The summed E-state index contributed by atoms with van der Waals surface area (Å²) < 4.78 is 2.36. The Labute approximate surface area is 270 Å². The summed E-state index contributed by atoms with van der Waals surface area (Å²) in [5, 5.41) is 25.7. The Morgan fingerprint density at radius 2 is 1.74 bits per heavy atom. The molecule has 0 aliphatic carbocycles. The Hall–Kier alpha value is -1.67. The van der Waals surface area contributed by atoms with Crippen LogP contribution >= 0.6 is 79.5 Å². The number of amidine groups is 1. The maximum absolute atomic E-state index is 13.4. The third-order valence-electron chi connectivity index (χ3n) is 6.37. The second kappa shape index (κ2) is 12.1. The molecule has 2 unspecified atom stereocenters. The first kappa shape index (κ1) is 30.3. The lowest BCUT2D eigenvalue weighted by Gasteiger charge is -2.44. The van der Waals surface area contributed by atoms with E-state index in [1.165, 1.54) is 16.7 Å². The highest BCUT2D eigenvalue weighted by Crippen LogP contribution is 2.50. The fourth-order valence-electron chi connectivity index (χ4n) is 4.51. The molecule has 2 saturated heterocycles.